The molecule has 142 valence electrons. The maximum Gasteiger partial charge on any atom is 0.235 e. The molecule has 28 heavy (non-hydrogen) atoms. The molecule has 1 saturated carbocycles. The largest absolute Gasteiger partial charge is 0.497 e. The molecule has 1 aliphatic heterocycles. The third-order valence-electron chi connectivity index (χ3n) is 5.93. The molecule has 1 fully saturated rings. The van der Waals surface area contributed by atoms with E-state index in [1.54, 1.807) is 7.11 Å². The van der Waals surface area contributed by atoms with Gasteiger partial charge in [0.25, 0.3) is 0 Å². The van der Waals surface area contributed by atoms with E-state index in [-0.39, 0.29) is 5.91 Å². The topological polar surface area (TPSA) is 55.6 Å². The number of rotatable bonds is 4. The van der Waals surface area contributed by atoms with Gasteiger partial charge in [0.15, 0.2) is 5.76 Å². The Hall–Kier alpha value is -3.08. The fourth-order valence-electron chi connectivity index (χ4n) is 4.09. The summed E-state index contributed by atoms with van der Waals surface area (Å²) in [6, 6.07) is 18.0. The van der Waals surface area contributed by atoms with E-state index in [4.69, 9.17) is 9.26 Å². The molecule has 2 heterocycles. The molecule has 2 aromatic carbocycles. The van der Waals surface area contributed by atoms with Gasteiger partial charge in [-0.25, -0.2) is 0 Å². The van der Waals surface area contributed by atoms with E-state index in [0.29, 0.717) is 12.3 Å². The van der Waals surface area contributed by atoms with Gasteiger partial charge in [-0.15, -0.1) is 0 Å². The highest BCUT2D eigenvalue weighted by atomic mass is 16.5. The summed E-state index contributed by atoms with van der Waals surface area (Å²) in [5, 5.41) is 4.28. The normalized spacial score (nSPS) is 17.1. The van der Waals surface area contributed by atoms with E-state index in [1.807, 2.05) is 41.3 Å². The molecule has 5 heteroatoms. The molecule has 5 rings (SSSR count). The maximum atomic E-state index is 13.4. The van der Waals surface area contributed by atoms with Crippen LogP contribution in [0.3, 0.4) is 0 Å². The number of ether oxygens (including phenoxy) is 1. The van der Waals surface area contributed by atoms with Crippen LogP contribution in [0.15, 0.2) is 59.1 Å². The predicted octanol–water partition coefficient (Wildman–Crippen LogP) is 3.97. The average molecular weight is 374 g/mol. The molecule has 0 unspecified atom stereocenters. The second-order valence-electron chi connectivity index (χ2n) is 7.64. The number of aromatic nitrogens is 1. The zero-order chi connectivity index (χ0) is 19.1. The van der Waals surface area contributed by atoms with Crippen molar-refractivity contribution < 1.29 is 14.1 Å². The summed E-state index contributed by atoms with van der Waals surface area (Å²) in [5.41, 5.74) is 3.71. The van der Waals surface area contributed by atoms with E-state index in [1.165, 1.54) is 11.1 Å². The van der Waals surface area contributed by atoms with Gasteiger partial charge in [-0.05, 0) is 42.5 Å². The highest BCUT2D eigenvalue weighted by Crippen LogP contribution is 2.50. The van der Waals surface area contributed by atoms with E-state index < -0.39 is 5.41 Å². The third kappa shape index (κ3) is 2.78. The quantitative estimate of drug-likeness (QED) is 0.693. The lowest BCUT2D eigenvalue weighted by atomic mass is 9.95. The van der Waals surface area contributed by atoms with Crippen molar-refractivity contribution in [3.05, 3.63) is 71.4 Å². The number of benzene rings is 2. The van der Waals surface area contributed by atoms with Crippen molar-refractivity contribution in [2.45, 2.75) is 31.2 Å². The van der Waals surface area contributed by atoms with Crippen molar-refractivity contribution in [1.82, 2.24) is 10.1 Å². The summed E-state index contributed by atoms with van der Waals surface area (Å²) < 4.78 is 10.9. The van der Waals surface area contributed by atoms with E-state index in [0.717, 1.165) is 42.8 Å². The smallest absolute Gasteiger partial charge is 0.235 e. The number of fused-ring (bicyclic) bond motifs is 1. The van der Waals surface area contributed by atoms with Gasteiger partial charge in [-0.3, -0.25) is 4.79 Å². The fraction of sp³-hybridized carbons (Fsp3) is 0.304. The molecule has 0 N–H and O–H groups in total. The van der Waals surface area contributed by atoms with Gasteiger partial charge in [-0.1, -0.05) is 41.6 Å². The molecular formula is C23H22N2O3. The summed E-state index contributed by atoms with van der Waals surface area (Å²) in [7, 11) is 1.64. The monoisotopic (exact) mass is 374 g/mol. The summed E-state index contributed by atoms with van der Waals surface area (Å²) >= 11 is 0. The fourth-order valence-corrected chi connectivity index (χ4v) is 4.09. The zero-order valence-corrected chi connectivity index (χ0v) is 15.9. The highest BCUT2D eigenvalue weighted by Gasteiger charge is 2.55. The van der Waals surface area contributed by atoms with Crippen LogP contribution in [0.2, 0.25) is 0 Å². The molecule has 0 radical (unpaired) electrons. The lowest BCUT2D eigenvalue weighted by molar-refractivity contribution is -0.135. The molecule has 1 aromatic heterocycles. The molecule has 1 aliphatic carbocycles. The van der Waals surface area contributed by atoms with Crippen LogP contribution in [0.5, 0.6) is 5.75 Å². The lowest BCUT2D eigenvalue weighted by Crippen LogP contribution is -2.42. The Kier molecular flexibility index (Phi) is 3.97. The molecule has 2 aliphatic rings. The first-order valence-corrected chi connectivity index (χ1v) is 9.67. The van der Waals surface area contributed by atoms with Gasteiger partial charge in [0.1, 0.15) is 5.75 Å². The Labute approximate surface area is 163 Å². The minimum Gasteiger partial charge on any atom is -0.497 e. The van der Waals surface area contributed by atoms with Gasteiger partial charge < -0.3 is 14.2 Å². The van der Waals surface area contributed by atoms with Crippen molar-refractivity contribution in [1.29, 1.82) is 0 Å². The summed E-state index contributed by atoms with van der Waals surface area (Å²) in [4.78, 5) is 15.3. The van der Waals surface area contributed by atoms with E-state index in [2.05, 4.69) is 23.4 Å². The number of carbonyl (C=O) groups excluding carboxylic acids is 1. The number of hydrogen-bond donors (Lipinski definition) is 0. The van der Waals surface area contributed by atoms with Crippen LogP contribution in [0.25, 0.3) is 11.3 Å². The maximum absolute atomic E-state index is 13.4. The highest BCUT2D eigenvalue weighted by molar-refractivity contribution is 5.91. The molecule has 0 atom stereocenters. The second-order valence-corrected chi connectivity index (χ2v) is 7.64. The molecule has 1 amide bonds. The first-order chi connectivity index (χ1) is 13.7. The van der Waals surface area contributed by atoms with Crippen molar-refractivity contribution in [2.24, 2.45) is 0 Å². The Morgan fingerprint density at radius 2 is 1.93 bits per heavy atom. The Morgan fingerprint density at radius 1 is 1.11 bits per heavy atom. The van der Waals surface area contributed by atoms with Gasteiger partial charge in [0, 0.05) is 24.7 Å². The molecule has 3 aromatic rings. The Bertz CT molecular complexity index is 1040. The number of methoxy groups -OCH3 is 1. The number of hydrogen-bond acceptors (Lipinski definition) is 4. The van der Waals surface area contributed by atoms with E-state index in [9.17, 15) is 4.79 Å². The van der Waals surface area contributed by atoms with Crippen LogP contribution in [0.4, 0.5) is 0 Å². The Balaban J connectivity index is 1.39. The average Bonchev–Trinajstić information content (AvgIpc) is 3.41. The first-order valence-electron chi connectivity index (χ1n) is 9.67. The van der Waals surface area contributed by atoms with Crippen LogP contribution < -0.4 is 4.74 Å². The molecule has 0 spiro atoms. The van der Waals surface area contributed by atoms with Crippen LogP contribution in [0.1, 0.15) is 29.7 Å². The molecule has 5 nitrogen and oxygen atoms in total. The van der Waals surface area contributed by atoms with Crippen LogP contribution >= 0.6 is 0 Å². The SMILES string of the molecule is COc1cccc(-c2cc(C3(C(=O)N4CCc5ccccc5C4)CC3)no2)c1. The summed E-state index contributed by atoms with van der Waals surface area (Å²) in [6.45, 7) is 1.44. The van der Waals surface area contributed by atoms with Crippen LogP contribution in [-0.2, 0) is 23.2 Å². The van der Waals surface area contributed by atoms with Crippen LogP contribution in [0, 0.1) is 0 Å². The van der Waals surface area contributed by atoms with Crippen molar-refractivity contribution in [2.75, 3.05) is 13.7 Å². The molecular weight excluding hydrogens is 352 g/mol. The first kappa shape index (κ1) is 17.0. The summed E-state index contributed by atoms with van der Waals surface area (Å²) in [6.07, 6.45) is 2.56. The Morgan fingerprint density at radius 3 is 2.71 bits per heavy atom. The van der Waals surface area contributed by atoms with Crippen molar-refractivity contribution in [3.8, 4) is 17.1 Å². The minimum absolute atomic E-state index is 0.174. The molecule has 0 bridgehead atoms. The second kappa shape index (κ2) is 6.51. The molecule has 0 saturated heterocycles. The lowest BCUT2D eigenvalue weighted by Gasteiger charge is -2.31. The third-order valence-corrected chi connectivity index (χ3v) is 5.93. The van der Waals surface area contributed by atoms with Crippen molar-refractivity contribution in [3.63, 3.8) is 0 Å². The van der Waals surface area contributed by atoms with Gasteiger partial charge in [0.2, 0.25) is 5.91 Å². The van der Waals surface area contributed by atoms with Gasteiger partial charge in [0.05, 0.1) is 18.2 Å². The van der Waals surface area contributed by atoms with Crippen molar-refractivity contribution >= 4 is 5.91 Å². The zero-order valence-electron chi connectivity index (χ0n) is 15.9. The van der Waals surface area contributed by atoms with Crippen LogP contribution in [-0.4, -0.2) is 29.6 Å². The summed E-state index contributed by atoms with van der Waals surface area (Å²) in [5.74, 6) is 1.60. The predicted molar refractivity (Wildman–Crippen MR) is 105 cm³/mol. The van der Waals surface area contributed by atoms with Gasteiger partial charge >= 0.3 is 0 Å². The number of amides is 1. The van der Waals surface area contributed by atoms with E-state index >= 15 is 0 Å². The standard InChI is InChI=1S/C23H22N2O3/c1-27-19-8-4-7-17(13-19)20-14-21(24-28-20)23(10-11-23)22(26)25-12-9-16-5-2-3-6-18(16)15-25/h2-8,13-14H,9-12,15H2,1H3. The number of nitrogens with zero attached hydrogens (tertiary/aromatic N) is 2. The minimum atomic E-state index is -0.521. The van der Waals surface area contributed by atoms with Gasteiger partial charge in [-0.2, -0.15) is 0 Å². The number of carbonyl (C=O) groups is 1.